The number of anilines is 1. The Bertz CT molecular complexity index is 542. The first-order valence-electron chi connectivity index (χ1n) is 7.39. The Kier molecular flexibility index (Phi) is 4.90. The Balaban J connectivity index is 2.06. The first-order chi connectivity index (χ1) is 10.4. The molecule has 1 N–H and O–H groups in total. The van der Waals surface area contributed by atoms with Crippen molar-refractivity contribution in [3.05, 3.63) is 29.8 Å². The van der Waals surface area contributed by atoms with Gasteiger partial charge in [-0.2, -0.15) is 0 Å². The second-order valence-electron chi connectivity index (χ2n) is 5.96. The van der Waals surface area contributed by atoms with Crippen LogP contribution < -0.4 is 4.90 Å². The van der Waals surface area contributed by atoms with Crippen molar-refractivity contribution in [3.63, 3.8) is 0 Å². The van der Waals surface area contributed by atoms with Crippen LogP contribution in [0.1, 0.15) is 16.8 Å². The fraction of sp³-hybridized carbons (Fsp3) is 0.500. The number of carbonyl (C=O) groups is 1. The monoisotopic (exact) mass is 304 g/mol. The average Bonchev–Trinajstić information content (AvgIpc) is 2.92. The summed E-state index contributed by atoms with van der Waals surface area (Å²) in [6.07, 6.45) is 1.01. The molecule has 0 saturated carbocycles. The predicted octanol–water partition coefficient (Wildman–Crippen LogP) is 1.44. The van der Waals surface area contributed by atoms with Crippen molar-refractivity contribution >= 4 is 17.6 Å². The van der Waals surface area contributed by atoms with Crippen molar-refractivity contribution < 1.29 is 9.90 Å². The molecule has 120 valence electrons. The second kappa shape index (κ2) is 6.68. The first-order valence-corrected chi connectivity index (χ1v) is 7.39. The smallest absolute Gasteiger partial charge is 0.335 e. The van der Waals surface area contributed by atoms with E-state index < -0.39 is 5.97 Å². The number of nitrogens with zero attached hydrogens (tertiary/aromatic N) is 4. The number of aliphatic imine (C=N–C) groups is 1. The lowest BCUT2D eigenvalue weighted by atomic mass is 10.2. The fourth-order valence-electron chi connectivity index (χ4n) is 2.69. The Morgan fingerprint density at radius 2 is 1.77 bits per heavy atom. The van der Waals surface area contributed by atoms with E-state index >= 15 is 0 Å². The Labute approximate surface area is 131 Å². The van der Waals surface area contributed by atoms with Crippen LogP contribution in [-0.4, -0.2) is 74.2 Å². The summed E-state index contributed by atoms with van der Waals surface area (Å²) in [5, 5.41) is 8.95. The van der Waals surface area contributed by atoms with Crippen LogP contribution in [0.25, 0.3) is 0 Å². The SMILES string of the molecule is CN(C)C(=N[C@H]1CCN(c2ccc(C(=O)O)cc2)C1)N(C)C. The summed E-state index contributed by atoms with van der Waals surface area (Å²) < 4.78 is 0. The molecule has 1 heterocycles. The number of guanidine groups is 1. The summed E-state index contributed by atoms with van der Waals surface area (Å²) >= 11 is 0. The highest BCUT2D eigenvalue weighted by atomic mass is 16.4. The van der Waals surface area contributed by atoms with Crippen LogP contribution in [0.3, 0.4) is 0 Å². The van der Waals surface area contributed by atoms with Crippen molar-refractivity contribution in [2.24, 2.45) is 4.99 Å². The molecule has 0 amide bonds. The van der Waals surface area contributed by atoms with Crippen LogP contribution in [0.4, 0.5) is 5.69 Å². The van der Waals surface area contributed by atoms with Gasteiger partial charge < -0.3 is 19.8 Å². The van der Waals surface area contributed by atoms with E-state index in [1.165, 1.54) is 0 Å². The highest BCUT2D eigenvalue weighted by Gasteiger charge is 2.23. The molecule has 1 aliphatic heterocycles. The molecule has 0 aliphatic carbocycles. The van der Waals surface area contributed by atoms with Gasteiger partial charge >= 0.3 is 5.97 Å². The minimum Gasteiger partial charge on any atom is -0.478 e. The number of carboxylic acid groups (broad SMARTS) is 1. The van der Waals surface area contributed by atoms with E-state index in [4.69, 9.17) is 10.1 Å². The van der Waals surface area contributed by atoms with E-state index in [1.807, 2.05) is 50.1 Å². The van der Waals surface area contributed by atoms with Crippen molar-refractivity contribution in [2.45, 2.75) is 12.5 Å². The number of carboxylic acids is 1. The predicted molar refractivity (Wildman–Crippen MR) is 88.8 cm³/mol. The fourth-order valence-corrected chi connectivity index (χ4v) is 2.69. The lowest BCUT2D eigenvalue weighted by molar-refractivity contribution is 0.0697. The van der Waals surface area contributed by atoms with Gasteiger partial charge in [-0.05, 0) is 30.7 Å². The maximum Gasteiger partial charge on any atom is 0.335 e. The van der Waals surface area contributed by atoms with Gasteiger partial charge in [-0.25, -0.2) is 9.79 Å². The van der Waals surface area contributed by atoms with Gasteiger partial charge in [0.05, 0.1) is 11.6 Å². The van der Waals surface area contributed by atoms with Crippen LogP contribution in [0.15, 0.2) is 29.3 Å². The summed E-state index contributed by atoms with van der Waals surface area (Å²) in [6, 6.07) is 7.31. The molecule has 1 atom stereocenters. The number of rotatable bonds is 3. The van der Waals surface area contributed by atoms with Gasteiger partial charge in [0, 0.05) is 47.0 Å². The van der Waals surface area contributed by atoms with Gasteiger partial charge in [0.1, 0.15) is 0 Å². The lowest BCUT2D eigenvalue weighted by Crippen LogP contribution is -2.37. The summed E-state index contributed by atoms with van der Waals surface area (Å²) in [4.78, 5) is 22.0. The largest absolute Gasteiger partial charge is 0.478 e. The zero-order chi connectivity index (χ0) is 16.3. The zero-order valence-electron chi connectivity index (χ0n) is 13.7. The Morgan fingerprint density at radius 1 is 1.18 bits per heavy atom. The van der Waals surface area contributed by atoms with Gasteiger partial charge in [0.2, 0.25) is 0 Å². The minimum atomic E-state index is -0.892. The third-order valence-electron chi connectivity index (χ3n) is 3.74. The Hall–Kier alpha value is -2.24. The molecule has 22 heavy (non-hydrogen) atoms. The van der Waals surface area contributed by atoms with Crippen molar-refractivity contribution in [1.82, 2.24) is 9.80 Å². The summed E-state index contributed by atoms with van der Waals surface area (Å²) in [6.45, 7) is 1.80. The van der Waals surface area contributed by atoms with Crippen LogP contribution >= 0.6 is 0 Å². The summed E-state index contributed by atoms with van der Waals surface area (Å²) in [7, 11) is 7.98. The molecule has 2 rings (SSSR count). The van der Waals surface area contributed by atoms with E-state index in [1.54, 1.807) is 12.1 Å². The molecule has 1 aromatic carbocycles. The molecule has 0 unspecified atom stereocenters. The molecule has 1 saturated heterocycles. The molecular formula is C16H24N4O2. The van der Waals surface area contributed by atoms with E-state index in [0.29, 0.717) is 5.56 Å². The molecule has 1 fully saturated rings. The normalized spacial score (nSPS) is 17.3. The van der Waals surface area contributed by atoms with Crippen molar-refractivity contribution in [3.8, 4) is 0 Å². The van der Waals surface area contributed by atoms with Gasteiger partial charge in [-0.3, -0.25) is 0 Å². The molecule has 0 aromatic heterocycles. The lowest BCUT2D eigenvalue weighted by Gasteiger charge is -2.24. The number of hydrogen-bond acceptors (Lipinski definition) is 3. The second-order valence-corrected chi connectivity index (χ2v) is 5.96. The topological polar surface area (TPSA) is 59.4 Å². The molecule has 1 aromatic rings. The minimum absolute atomic E-state index is 0.263. The first kappa shape index (κ1) is 16.1. The molecule has 0 bridgehead atoms. The average molecular weight is 304 g/mol. The van der Waals surface area contributed by atoms with Gasteiger partial charge in [0.15, 0.2) is 5.96 Å². The van der Waals surface area contributed by atoms with Crippen LogP contribution in [-0.2, 0) is 0 Å². The number of benzene rings is 1. The van der Waals surface area contributed by atoms with E-state index in [9.17, 15) is 4.79 Å². The van der Waals surface area contributed by atoms with Crippen LogP contribution in [0.5, 0.6) is 0 Å². The van der Waals surface area contributed by atoms with E-state index in [-0.39, 0.29) is 6.04 Å². The van der Waals surface area contributed by atoms with Crippen LogP contribution in [0.2, 0.25) is 0 Å². The molecule has 6 nitrogen and oxygen atoms in total. The standard InChI is InChI=1S/C16H24N4O2/c1-18(2)16(19(3)4)17-13-9-10-20(11-13)14-7-5-12(6-8-14)15(21)22/h5-8,13H,9-11H2,1-4H3,(H,21,22)/t13-/m0/s1. The number of hydrogen-bond donors (Lipinski definition) is 1. The van der Waals surface area contributed by atoms with Crippen molar-refractivity contribution in [1.29, 1.82) is 0 Å². The third kappa shape index (κ3) is 3.69. The Morgan fingerprint density at radius 3 is 2.27 bits per heavy atom. The third-order valence-corrected chi connectivity index (χ3v) is 3.74. The molecular weight excluding hydrogens is 280 g/mol. The highest BCUT2D eigenvalue weighted by molar-refractivity contribution is 5.88. The van der Waals surface area contributed by atoms with E-state index in [0.717, 1.165) is 31.2 Å². The summed E-state index contributed by atoms with van der Waals surface area (Å²) in [5.74, 6) is 0.0742. The highest BCUT2D eigenvalue weighted by Crippen LogP contribution is 2.22. The molecule has 1 aliphatic rings. The zero-order valence-corrected chi connectivity index (χ0v) is 13.7. The molecule has 0 radical (unpaired) electrons. The van der Waals surface area contributed by atoms with Crippen LogP contribution in [0, 0.1) is 0 Å². The summed E-state index contributed by atoms with van der Waals surface area (Å²) in [5.41, 5.74) is 1.37. The maximum absolute atomic E-state index is 10.9. The molecule has 0 spiro atoms. The van der Waals surface area contributed by atoms with Gasteiger partial charge in [0.25, 0.3) is 0 Å². The molecule has 6 heteroatoms. The van der Waals surface area contributed by atoms with Gasteiger partial charge in [-0.15, -0.1) is 0 Å². The van der Waals surface area contributed by atoms with E-state index in [2.05, 4.69) is 4.90 Å². The van der Waals surface area contributed by atoms with Crippen molar-refractivity contribution in [2.75, 3.05) is 46.2 Å². The number of aromatic carboxylic acids is 1. The maximum atomic E-state index is 10.9. The quantitative estimate of drug-likeness (QED) is 0.676. The van der Waals surface area contributed by atoms with Gasteiger partial charge in [-0.1, -0.05) is 0 Å².